The number of aromatic nitrogens is 3. The number of ether oxygens (including phenoxy) is 2. The van der Waals surface area contributed by atoms with Crippen LogP contribution in [0, 0.1) is 14.9 Å². The number of hydrogen-bond acceptors (Lipinski definition) is 7. The van der Waals surface area contributed by atoms with E-state index in [4.69, 9.17) is 33.3 Å². The summed E-state index contributed by atoms with van der Waals surface area (Å²) in [6.45, 7) is 0.153. The van der Waals surface area contributed by atoms with Crippen molar-refractivity contribution in [3.8, 4) is 11.5 Å². The summed E-state index contributed by atoms with van der Waals surface area (Å²) >= 11 is 9.90. The van der Waals surface area contributed by atoms with Gasteiger partial charge in [-0.3, -0.25) is 10.1 Å². The number of H-pyrrole nitrogens is 1. The van der Waals surface area contributed by atoms with Crippen molar-refractivity contribution in [1.29, 1.82) is 0 Å². The highest BCUT2D eigenvalue weighted by Gasteiger charge is 2.35. The lowest BCUT2D eigenvalue weighted by Gasteiger charge is -2.11. The SMILES string of the molecule is COc1cc(/C=N/n2c(C(F)(F)Cl)n[nH]c2=S)ccc1OCc1ccc([N+](=O)[O-])cc1. The average molecular weight is 470 g/mol. The molecule has 9 nitrogen and oxygen atoms in total. The van der Waals surface area contributed by atoms with Crippen molar-refractivity contribution < 1.29 is 23.2 Å². The maximum absolute atomic E-state index is 13.4. The van der Waals surface area contributed by atoms with E-state index in [1.807, 2.05) is 0 Å². The summed E-state index contributed by atoms with van der Waals surface area (Å²) in [6.07, 6.45) is 1.28. The third-order valence-corrected chi connectivity index (χ3v) is 4.39. The maximum Gasteiger partial charge on any atom is 0.383 e. The number of halogens is 3. The predicted octanol–water partition coefficient (Wildman–Crippen LogP) is 4.61. The van der Waals surface area contributed by atoms with E-state index in [9.17, 15) is 18.9 Å². The average Bonchev–Trinajstić information content (AvgIpc) is 3.12. The number of hydrogen-bond donors (Lipinski definition) is 1. The van der Waals surface area contributed by atoms with Crippen LogP contribution in [0.25, 0.3) is 0 Å². The monoisotopic (exact) mass is 469 g/mol. The van der Waals surface area contributed by atoms with E-state index in [2.05, 4.69) is 15.3 Å². The minimum atomic E-state index is -3.75. The van der Waals surface area contributed by atoms with Gasteiger partial charge in [0.15, 0.2) is 11.5 Å². The number of nitro groups is 1. The Morgan fingerprint density at radius 1 is 1.32 bits per heavy atom. The molecule has 162 valence electrons. The molecule has 0 aliphatic rings. The first-order chi connectivity index (χ1) is 14.7. The van der Waals surface area contributed by atoms with E-state index in [0.717, 1.165) is 5.56 Å². The second-order valence-electron chi connectivity index (χ2n) is 6.03. The summed E-state index contributed by atoms with van der Waals surface area (Å²) in [7, 11) is 1.44. The van der Waals surface area contributed by atoms with E-state index < -0.39 is 16.1 Å². The fourth-order valence-corrected chi connectivity index (χ4v) is 2.77. The number of methoxy groups -OCH3 is 1. The third-order valence-electron chi connectivity index (χ3n) is 3.96. The minimum absolute atomic E-state index is 0.0159. The van der Waals surface area contributed by atoms with Gasteiger partial charge in [0.05, 0.1) is 18.2 Å². The Morgan fingerprint density at radius 3 is 2.65 bits per heavy atom. The molecule has 13 heteroatoms. The van der Waals surface area contributed by atoms with Gasteiger partial charge in [-0.2, -0.15) is 18.6 Å². The Hall–Kier alpha value is -3.38. The fourth-order valence-electron chi connectivity index (χ4n) is 2.47. The van der Waals surface area contributed by atoms with Crippen LogP contribution in [0.2, 0.25) is 0 Å². The zero-order valence-electron chi connectivity index (χ0n) is 15.8. The van der Waals surface area contributed by atoms with Crippen LogP contribution >= 0.6 is 23.8 Å². The normalized spacial score (nSPS) is 11.6. The molecule has 0 radical (unpaired) electrons. The number of nitrogens with one attached hydrogen (secondary N) is 1. The van der Waals surface area contributed by atoms with Gasteiger partial charge in [-0.15, -0.1) is 5.10 Å². The van der Waals surface area contributed by atoms with Crippen LogP contribution in [0.5, 0.6) is 11.5 Å². The first-order valence-electron chi connectivity index (χ1n) is 8.52. The Kier molecular flexibility index (Phi) is 6.61. The van der Waals surface area contributed by atoms with Crippen LogP contribution in [0.1, 0.15) is 17.0 Å². The van der Waals surface area contributed by atoms with Crippen molar-refractivity contribution in [1.82, 2.24) is 14.9 Å². The van der Waals surface area contributed by atoms with Crippen LogP contribution in [-0.2, 0) is 12.0 Å². The van der Waals surface area contributed by atoms with Gasteiger partial charge >= 0.3 is 5.38 Å². The quantitative estimate of drug-likeness (QED) is 0.170. The van der Waals surface area contributed by atoms with Crippen molar-refractivity contribution >= 4 is 35.7 Å². The molecule has 1 aromatic heterocycles. The lowest BCUT2D eigenvalue weighted by molar-refractivity contribution is -0.384. The van der Waals surface area contributed by atoms with Gasteiger partial charge in [0.1, 0.15) is 6.61 Å². The largest absolute Gasteiger partial charge is 0.493 e. The van der Waals surface area contributed by atoms with Crippen molar-refractivity contribution in [2.45, 2.75) is 12.0 Å². The fraction of sp³-hybridized carbons (Fsp3) is 0.167. The molecule has 2 aromatic carbocycles. The highest BCUT2D eigenvalue weighted by atomic mass is 35.5. The molecule has 1 heterocycles. The first kappa shape index (κ1) is 22.3. The molecule has 3 aromatic rings. The second-order valence-corrected chi connectivity index (χ2v) is 6.89. The summed E-state index contributed by atoms with van der Waals surface area (Å²) in [5.41, 5.74) is 1.21. The Balaban J connectivity index is 1.76. The van der Waals surface area contributed by atoms with E-state index in [1.165, 1.54) is 25.5 Å². The number of aromatic amines is 1. The van der Waals surface area contributed by atoms with Crippen molar-refractivity contribution in [2.75, 3.05) is 7.11 Å². The summed E-state index contributed by atoms with van der Waals surface area (Å²) in [5.74, 6) is -0.0686. The number of nitrogens with zero attached hydrogens (tertiary/aromatic N) is 4. The van der Waals surface area contributed by atoms with E-state index in [-0.39, 0.29) is 17.1 Å². The Morgan fingerprint density at radius 2 is 2.03 bits per heavy atom. The van der Waals surface area contributed by atoms with E-state index in [1.54, 1.807) is 30.3 Å². The molecular formula is C18H14ClF2N5O4S. The molecule has 0 bridgehead atoms. The number of non-ortho nitro benzene ring substituents is 1. The minimum Gasteiger partial charge on any atom is -0.493 e. The van der Waals surface area contributed by atoms with Crippen molar-refractivity contribution in [3.05, 3.63) is 74.3 Å². The lowest BCUT2D eigenvalue weighted by atomic mass is 10.2. The van der Waals surface area contributed by atoms with Gasteiger partial charge in [-0.25, -0.2) is 5.10 Å². The van der Waals surface area contributed by atoms with E-state index >= 15 is 0 Å². The predicted molar refractivity (Wildman–Crippen MR) is 111 cm³/mol. The molecule has 0 aliphatic heterocycles. The summed E-state index contributed by atoms with van der Waals surface area (Å²) < 4.78 is 38.3. The summed E-state index contributed by atoms with van der Waals surface area (Å²) in [5, 5.41) is 16.5. The van der Waals surface area contributed by atoms with Crippen LogP contribution in [0.4, 0.5) is 14.5 Å². The summed E-state index contributed by atoms with van der Waals surface area (Å²) in [4.78, 5) is 10.2. The number of benzene rings is 2. The van der Waals surface area contributed by atoms with Gasteiger partial charge in [0.2, 0.25) is 10.6 Å². The number of rotatable bonds is 8. The van der Waals surface area contributed by atoms with Crippen molar-refractivity contribution in [2.24, 2.45) is 5.10 Å². The van der Waals surface area contributed by atoms with Gasteiger partial charge in [0.25, 0.3) is 5.69 Å². The number of alkyl halides is 3. The van der Waals surface area contributed by atoms with Crippen LogP contribution in [0.15, 0.2) is 47.6 Å². The molecule has 0 aliphatic carbocycles. The molecule has 0 fully saturated rings. The topological polar surface area (TPSA) is 108 Å². The van der Waals surface area contributed by atoms with E-state index in [0.29, 0.717) is 21.7 Å². The van der Waals surface area contributed by atoms with Crippen LogP contribution in [0.3, 0.4) is 0 Å². The van der Waals surface area contributed by atoms with Crippen LogP contribution < -0.4 is 9.47 Å². The molecule has 0 atom stereocenters. The van der Waals surface area contributed by atoms with Crippen LogP contribution in [-0.4, -0.2) is 33.1 Å². The maximum atomic E-state index is 13.4. The molecule has 3 rings (SSSR count). The Labute approximate surface area is 184 Å². The molecule has 0 unspecified atom stereocenters. The molecule has 31 heavy (non-hydrogen) atoms. The molecule has 0 saturated heterocycles. The standard InChI is InChI=1S/C18H14ClF2N5O4S/c1-29-15-8-12(9-22-25-16(18(19,20)21)23-24-17(25)31)4-7-14(15)30-10-11-2-5-13(6-3-11)26(27)28/h2-9H,10H2,1H3,(H,24,31)/b22-9+. The first-order valence-corrected chi connectivity index (χ1v) is 9.31. The highest BCUT2D eigenvalue weighted by Crippen LogP contribution is 2.31. The van der Waals surface area contributed by atoms with Gasteiger partial charge in [-0.05, 0) is 65.3 Å². The smallest absolute Gasteiger partial charge is 0.383 e. The highest BCUT2D eigenvalue weighted by molar-refractivity contribution is 7.71. The zero-order valence-corrected chi connectivity index (χ0v) is 17.4. The summed E-state index contributed by atoms with van der Waals surface area (Å²) in [6, 6.07) is 10.8. The van der Waals surface area contributed by atoms with Crippen molar-refractivity contribution in [3.63, 3.8) is 0 Å². The number of nitro benzene ring substituents is 1. The molecule has 1 N–H and O–H groups in total. The molecule has 0 amide bonds. The third kappa shape index (κ3) is 5.41. The molecule has 0 spiro atoms. The molecule has 0 saturated carbocycles. The van der Waals surface area contributed by atoms with Gasteiger partial charge in [0, 0.05) is 12.1 Å². The lowest BCUT2D eigenvalue weighted by Crippen LogP contribution is -2.11. The second kappa shape index (κ2) is 9.18. The molecular weight excluding hydrogens is 456 g/mol. The zero-order chi connectivity index (χ0) is 22.6. The van der Waals surface area contributed by atoms with Gasteiger partial charge in [-0.1, -0.05) is 0 Å². The van der Waals surface area contributed by atoms with Gasteiger partial charge < -0.3 is 9.47 Å². The Bertz CT molecular complexity index is 1170.